The number of hydrogen-bond acceptors (Lipinski definition) is 3. The summed E-state index contributed by atoms with van der Waals surface area (Å²) < 4.78 is 37.0. The molecule has 1 saturated heterocycles. The van der Waals surface area contributed by atoms with Crippen molar-refractivity contribution in [3.63, 3.8) is 0 Å². The molecule has 0 spiro atoms. The highest BCUT2D eigenvalue weighted by Gasteiger charge is 2.32. The molecule has 118 valence electrons. The Morgan fingerprint density at radius 3 is 2.33 bits per heavy atom. The van der Waals surface area contributed by atoms with Crippen molar-refractivity contribution in [1.29, 1.82) is 0 Å². The third-order valence-corrected chi connectivity index (χ3v) is 3.87. The van der Waals surface area contributed by atoms with E-state index in [1.807, 2.05) is 11.0 Å². The summed E-state index contributed by atoms with van der Waals surface area (Å²) in [4.78, 5) is 3.37. The average Bonchev–Trinajstić information content (AvgIpc) is 2.38. The molecule has 0 unspecified atom stereocenters. The molecule has 0 amide bonds. The molecule has 0 bridgehead atoms. The zero-order chi connectivity index (χ0) is 15.6. The summed E-state index contributed by atoms with van der Waals surface area (Å²) in [6.45, 7) is 2.51. The Bertz CT molecular complexity index is 486. The largest absolute Gasteiger partial charge is 0.401 e. The predicted molar refractivity (Wildman–Crippen MR) is 76.8 cm³/mol. The molecule has 0 aromatic heterocycles. The monoisotopic (exact) mass is 322 g/mol. The summed E-state index contributed by atoms with van der Waals surface area (Å²) in [6, 6.07) is 5.29. The second-order valence-corrected chi connectivity index (χ2v) is 5.67. The van der Waals surface area contributed by atoms with E-state index in [1.165, 1.54) is 4.90 Å². The number of hydrogen-bond donors (Lipinski definition) is 1. The maximum Gasteiger partial charge on any atom is 0.401 e. The SMILES string of the molecule is C[C@@H](O)c1ccc(N2CCN(CC(F)(F)F)CC2)c(Cl)c1. The van der Waals surface area contributed by atoms with E-state index in [2.05, 4.69) is 0 Å². The molecule has 21 heavy (non-hydrogen) atoms. The quantitative estimate of drug-likeness (QED) is 0.926. The third kappa shape index (κ3) is 4.49. The minimum atomic E-state index is -4.15. The van der Waals surface area contributed by atoms with Crippen LogP contribution in [0.5, 0.6) is 0 Å². The van der Waals surface area contributed by atoms with Gasteiger partial charge in [0.2, 0.25) is 0 Å². The predicted octanol–water partition coefficient (Wildman–Crippen LogP) is 3.08. The van der Waals surface area contributed by atoms with Gasteiger partial charge in [0.05, 0.1) is 23.4 Å². The van der Waals surface area contributed by atoms with Crippen LogP contribution in [0.2, 0.25) is 5.02 Å². The first-order chi connectivity index (χ1) is 9.76. The standard InChI is InChI=1S/C14H18ClF3N2O/c1-10(21)11-2-3-13(12(15)8-11)20-6-4-19(5-7-20)9-14(16,17)18/h2-3,8,10,21H,4-7,9H2,1H3/t10-/m1/s1. The van der Waals surface area contributed by atoms with E-state index >= 15 is 0 Å². The molecule has 0 radical (unpaired) electrons. The summed E-state index contributed by atoms with van der Waals surface area (Å²) in [7, 11) is 0. The van der Waals surface area contributed by atoms with Crippen LogP contribution in [0.4, 0.5) is 18.9 Å². The Morgan fingerprint density at radius 1 is 1.24 bits per heavy atom. The first-order valence-electron chi connectivity index (χ1n) is 6.78. The molecule has 1 aliphatic heterocycles. The van der Waals surface area contributed by atoms with E-state index in [0.29, 0.717) is 31.2 Å². The van der Waals surface area contributed by atoms with Gasteiger partial charge in [-0.05, 0) is 24.6 Å². The number of nitrogens with zero attached hydrogens (tertiary/aromatic N) is 2. The fraction of sp³-hybridized carbons (Fsp3) is 0.571. The number of anilines is 1. The van der Waals surface area contributed by atoms with Crippen molar-refractivity contribution in [2.24, 2.45) is 0 Å². The van der Waals surface area contributed by atoms with Crippen molar-refractivity contribution in [1.82, 2.24) is 4.90 Å². The van der Waals surface area contributed by atoms with Gasteiger partial charge in [-0.3, -0.25) is 4.90 Å². The van der Waals surface area contributed by atoms with Crippen LogP contribution in [0.25, 0.3) is 0 Å². The molecule has 1 aromatic rings. The van der Waals surface area contributed by atoms with Gasteiger partial charge in [0.1, 0.15) is 0 Å². The Labute approximate surface area is 126 Å². The molecular formula is C14H18ClF3N2O. The van der Waals surface area contributed by atoms with Gasteiger partial charge in [-0.25, -0.2) is 0 Å². The number of rotatable bonds is 3. The van der Waals surface area contributed by atoms with E-state index < -0.39 is 18.8 Å². The molecule has 0 saturated carbocycles. The number of aliphatic hydroxyl groups is 1. The smallest absolute Gasteiger partial charge is 0.389 e. The fourth-order valence-electron chi connectivity index (χ4n) is 2.44. The van der Waals surface area contributed by atoms with Gasteiger partial charge in [-0.2, -0.15) is 13.2 Å². The molecule has 1 aliphatic rings. The van der Waals surface area contributed by atoms with Crippen molar-refractivity contribution >= 4 is 17.3 Å². The fourth-order valence-corrected chi connectivity index (χ4v) is 2.75. The molecule has 1 aromatic carbocycles. The second-order valence-electron chi connectivity index (χ2n) is 5.27. The minimum Gasteiger partial charge on any atom is -0.389 e. The van der Waals surface area contributed by atoms with Crippen LogP contribution in [0, 0.1) is 0 Å². The second kappa shape index (κ2) is 6.42. The van der Waals surface area contributed by atoms with Gasteiger partial charge >= 0.3 is 6.18 Å². The van der Waals surface area contributed by atoms with E-state index in [1.54, 1.807) is 19.1 Å². The summed E-state index contributed by atoms with van der Waals surface area (Å²) in [5.41, 5.74) is 1.52. The summed E-state index contributed by atoms with van der Waals surface area (Å²) in [5.74, 6) is 0. The van der Waals surface area contributed by atoms with Crippen LogP contribution < -0.4 is 4.90 Å². The van der Waals surface area contributed by atoms with Gasteiger partial charge in [-0.1, -0.05) is 17.7 Å². The zero-order valence-electron chi connectivity index (χ0n) is 11.7. The minimum absolute atomic E-state index is 0.355. The molecule has 3 nitrogen and oxygen atoms in total. The van der Waals surface area contributed by atoms with Crippen LogP contribution in [0.15, 0.2) is 18.2 Å². The van der Waals surface area contributed by atoms with Gasteiger partial charge in [0.15, 0.2) is 0 Å². The van der Waals surface area contributed by atoms with Gasteiger partial charge in [0, 0.05) is 26.2 Å². The lowest BCUT2D eigenvalue weighted by Gasteiger charge is -2.36. The first kappa shape index (κ1) is 16.4. The van der Waals surface area contributed by atoms with Crippen LogP contribution in [0.1, 0.15) is 18.6 Å². The average molecular weight is 323 g/mol. The maximum atomic E-state index is 12.3. The lowest BCUT2D eigenvalue weighted by atomic mass is 10.1. The number of halogens is 4. The number of alkyl halides is 3. The van der Waals surface area contributed by atoms with E-state index in [9.17, 15) is 18.3 Å². The van der Waals surface area contributed by atoms with Crippen LogP contribution in [-0.4, -0.2) is 48.9 Å². The van der Waals surface area contributed by atoms with Crippen molar-refractivity contribution in [3.8, 4) is 0 Å². The van der Waals surface area contributed by atoms with E-state index in [-0.39, 0.29) is 0 Å². The summed E-state index contributed by atoms with van der Waals surface area (Å²) in [6.07, 6.45) is -4.75. The number of aliphatic hydroxyl groups excluding tert-OH is 1. The third-order valence-electron chi connectivity index (χ3n) is 3.57. The molecule has 2 rings (SSSR count). The Balaban J connectivity index is 1.99. The van der Waals surface area contributed by atoms with E-state index in [4.69, 9.17) is 11.6 Å². The highest BCUT2D eigenvalue weighted by molar-refractivity contribution is 6.33. The highest BCUT2D eigenvalue weighted by Crippen LogP contribution is 2.30. The molecule has 1 N–H and O–H groups in total. The molecule has 7 heteroatoms. The normalized spacial score (nSPS) is 18.9. The Morgan fingerprint density at radius 2 is 1.86 bits per heavy atom. The Hall–Kier alpha value is -0.980. The van der Waals surface area contributed by atoms with Gasteiger partial charge in [0.25, 0.3) is 0 Å². The van der Waals surface area contributed by atoms with Crippen molar-refractivity contribution in [3.05, 3.63) is 28.8 Å². The topological polar surface area (TPSA) is 26.7 Å². The molecular weight excluding hydrogens is 305 g/mol. The van der Waals surface area contributed by atoms with Crippen molar-refractivity contribution < 1.29 is 18.3 Å². The van der Waals surface area contributed by atoms with Gasteiger partial charge < -0.3 is 10.0 Å². The lowest BCUT2D eigenvalue weighted by molar-refractivity contribution is -0.146. The Kier molecular flexibility index (Phi) is 5.01. The lowest BCUT2D eigenvalue weighted by Crippen LogP contribution is -2.49. The molecule has 1 heterocycles. The highest BCUT2D eigenvalue weighted by atomic mass is 35.5. The van der Waals surface area contributed by atoms with Gasteiger partial charge in [-0.15, -0.1) is 0 Å². The molecule has 0 aliphatic carbocycles. The zero-order valence-corrected chi connectivity index (χ0v) is 12.5. The van der Waals surface area contributed by atoms with Crippen LogP contribution in [0.3, 0.4) is 0 Å². The van der Waals surface area contributed by atoms with Crippen LogP contribution in [-0.2, 0) is 0 Å². The van der Waals surface area contributed by atoms with Crippen molar-refractivity contribution in [2.45, 2.75) is 19.2 Å². The summed E-state index contributed by atoms with van der Waals surface area (Å²) >= 11 is 6.20. The van der Waals surface area contributed by atoms with Crippen LogP contribution >= 0.6 is 11.6 Å². The van der Waals surface area contributed by atoms with E-state index in [0.717, 1.165) is 11.3 Å². The molecule has 1 atom stereocenters. The summed E-state index contributed by atoms with van der Waals surface area (Å²) in [5, 5.41) is 10.0. The maximum absolute atomic E-state index is 12.3. The number of benzene rings is 1. The molecule has 1 fully saturated rings. The number of piperazine rings is 1. The van der Waals surface area contributed by atoms with Crippen molar-refractivity contribution in [2.75, 3.05) is 37.6 Å². The first-order valence-corrected chi connectivity index (χ1v) is 7.15.